The maximum absolute atomic E-state index is 12.7. The summed E-state index contributed by atoms with van der Waals surface area (Å²) < 4.78 is 21.9. The summed E-state index contributed by atoms with van der Waals surface area (Å²) in [6.45, 7) is 1.79. The number of benzene rings is 2. The third kappa shape index (κ3) is 2.72. The fourth-order valence-electron chi connectivity index (χ4n) is 4.23. The molecule has 7 heteroatoms. The number of nitrogens with zero attached hydrogens (tertiary/aromatic N) is 1. The van der Waals surface area contributed by atoms with Gasteiger partial charge in [0.05, 0.1) is 32.3 Å². The lowest BCUT2D eigenvalue weighted by Gasteiger charge is -2.29. The van der Waals surface area contributed by atoms with Crippen LogP contribution in [0.15, 0.2) is 42.0 Å². The molecule has 2 aliphatic rings. The van der Waals surface area contributed by atoms with E-state index in [9.17, 15) is 14.9 Å². The Hall–Kier alpha value is -3.79. The molecular weight excluding hydrogens is 386 g/mol. The van der Waals surface area contributed by atoms with Crippen molar-refractivity contribution in [3.05, 3.63) is 64.2 Å². The lowest BCUT2D eigenvalue weighted by molar-refractivity contribution is -0.137. The smallest absolute Gasteiger partial charge is 0.349 e. The van der Waals surface area contributed by atoms with Crippen LogP contribution in [-0.2, 0) is 14.3 Å². The largest absolute Gasteiger partial charge is 0.493 e. The monoisotopic (exact) mass is 405 g/mol. The van der Waals surface area contributed by atoms with E-state index in [1.54, 1.807) is 31.2 Å². The zero-order valence-corrected chi connectivity index (χ0v) is 16.7. The Morgan fingerprint density at radius 3 is 2.57 bits per heavy atom. The van der Waals surface area contributed by atoms with Gasteiger partial charge in [0, 0.05) is 16.7 Å². The fourth-order valence-corrected chi connectivity index (χ4v) is 4.23. The lowest BCUT2D eigenvalue weighted by atomic mass is 9.83. The second kappa shape index (κ2) is 7.56. The van der Waals surface area contributed by atoms with Gasteiger partial charge in [-0.1, -0.05) is 24.3 Å². The van der Waals surface area contributed by atoms with Crippen LogP contribution in [0.1, 0.15) is 46.0 Å². The number of fused-ring (bicyclic) bond motifs is 5. The van der Waals surface area contributed by atoms with Gasteiger partial charge in [-0.15, -0.1) is 0 Å². The molecule has 152 valence electrons. The fraction of sp³-hybridized carbons (Fsp3) is 0.261. The van der Waals surface area contributed by atoms with Gasteiger partial charge in [-0.3, -0.25) is 0 Å². The van der Waals surface area contributed by atoms with Crippen LogP contribution in [-0.4, -0.2) is 32.8 Å². The molecule has 1 heterocycles. The number of carbonyl (C=O) groups excluding carboxylic acids is 2. The van der Waals surface area contributed by atoms with E-state index in [1.807, 2.05) is 18.2 Å². The molecule has 30 heavy (non-hydrogen) atoms. The zero-order valence-electron chi connectivity index (χ0n) is 16.7. The molecule has 0 saturated carbocycles. The van der Waals surface area contributed by atoms with Crippen LogP contribution in [0.3, 0.4) is 0 Å². The van der Waals surface area contributed by atoms with Gasteiger partial charge in [-0.05, 0) is 24.6 Å². The maximum Gasteiger partial charge on any atom is 0.349 e. The average Bonchev–Trinajstić information content (AvgIpc) is 3.08. The lowest BCUT2D eigenvalue weighted by Crippen LogP contribution is -2.24. The van der Waals surface area contributed by atoms with Crippen molar-refractivity contribution >= 4 is 17.5 Å². The van der Waals surface area contributed by atoms with Crippen LogP contribution < -0.4 is 9.47 Å². The first-order chi connectivity index (χ1) is 14.6. The Balaban J connectivity index is 2.10. The molecule has 7 nitrogen and oxygen atoms in total. The number of rotatable bonds is 4. The Labute approximate surface area is 173 Å². The molecule has 2 unspecified atom stereocenters. The van der Waals surface area contributed by atoms with E-state index in [4.69, 9.17) is 18.9 Å². The van der Waals surface area contributed by atoms with Gasteiger partial charge in [0.15, 0.2) is 11.5 Å². The predicted molar refractivity (Wildman–Crippen MR) is 106 cm³/mol. The van der Waals surface area contributed by atoms with Crippen LogP contribution in [0.25, 0.3) is 5.57 Å². The number of esters is 2. The molecule has 0 radical (unpaired) electrons. The molecule has 0 N–H and O–H groups in total. The summed E-state index contributed by atoms with van der Waals surface area (Å²) in [6, 6.07) is 12.5. The Kier molecular flexibility index (Phi) is 4.92. The highest BCUT2D eigenvalue weighted by Crippen LogP contribution is 2.59. The Morgan fingerprint density at radius 1 is 1.13 bits per heavy atom. The minimum Gasteiger partial charge on any atom is -0.493 e. The van der Waals surface area contributed by atoms with Crippen LogP contribution in [0.5, 0.6) is 11.5 Å². The molecule has 1 aliphatic carbocycles. The highest BCUT2D eigenvalue weighted by Gasteiger charge is 2.49. The molecule has 2 aromatic rings. The van der Waals surface area contributed by atoms with Crippen molar-refractivity contribution < 1.29 is 28.5 Å². The summed E-state index contributed by atoms with van der Waals surface area (Å²) in [5.74, 6) is -0.934. The zero-order chi connectivity index (χ0) is 21.4. The molecule has 0 bridgehead atoms. The van der Waals surface area contributed by atoms with Crippen molar-refractivity contribution in [3.8, 4) is 17.6 Å². The molecule has 2 aromatic carbocycles. The standard InChI is InChI=1S/C23H19NO6/c1-4-29-22(25)15(11-24)17-18-12-7-5-6-8-13(12)23(26)30-20(18)14-9-10-16(27-2)21(28-3)19(14)17/h5-10,18,20H,4H2,1-3H3/b17-15-. The first kappa shape index (κ1) is 19.5. The molecule has 0 saturated heterocycles. The summed E-state index contributed by atoms with van der Waals surface area (Å²) in [5.41, 5.74) is 2.50. The number of nitriles is 1. The second-order valence-electron chi connectivity index (χ2n) is 6.78. The number of ether oxygens (including phenoxy) is 4. The predicted octanol–water partition coefficient (Wildman–Crippen LogP) is 3.55. The highest BCUT2D eigenvalue weighted by atomic mass is 16.5. The minimum atomic E-state index is -0.735. The van der Waals surface area contributed by atoms with Crippen LogP contribution in [0.4, 0.5) is 0 Å². The molecule has 0 spiro atoms. The molecule has 0 amide bonds. The van der Waals surface area contributed by atoms with E-state index in [1.165, 1.54) is 14.2 Å². The summed E-state index contributed by atoms with van der Waals surface area (Å²) in [7, 11) is 2.98. The van der Waals surface area contributed by atoms with E-state index >= 15 is 0 Å². The Bertz CT molecular complexity index is 1130. The number of hydrogen-bond acceptors (Lipinski definition) is 7. The molecule has 1 aliphatic heterocycles. The first-order valence-corrected chi connectivity index (χ1v) is 9.43. The molecule has 0 fully saturated rings. The topological polar surface area (TPSA) is 94.9 Å². The Morgan fingerprint density at radius 2 is 1.90 bits per heavy atom. The molecule has 0 aromatic heterocycles. The first-order valence-electron chi connectivity index (χ1n) is 9.43. The van der Waals surface area contributed by atoms with E-state index in [2.05, 4.69) is 0 Å². The van der Waals surface area contributed by atoms with Crippen molar-refractivity contribution in [3.63, 3.8) is 0 Å². The van der Waals surface area contributed by atoms with Crippen molar-refractivity contribution in [2.24, 2.45) is 0 Å². The van der Waals surface area contributed by atoms with E-state index in [0.717, 1.165) is 0 Å². The maximum atomic E-state index is 12.7. The third-order valence-corrected chi connectivity index (χ3v) is 5.38. The van der Waals surface area contributed by atoms with Crippen LogP contribution in [0, 0.1) is 11.3 Å². The summed E-state index contributed by atoms with van der Waals surface area (Å²) in [4.78, 5) is 25.3. The minimum absolute atomic E-state index is 0.124. The van der Waals surface area contributed by atoms with Gasteiger partial charge >= 0.3 is 11.9 Å². The highest BCUT2D eigenvalue weighted by molar-refractivity contribution is 6.07. The van der Waals surface area contributed by atoms with Crippen molar-refractivity contribution in [2.45, 2.75) is 18.9 Å². The molecule has 2 atom stereocenters. The number of carbonyl (C=O) groups is 2. The molecule has 4 rings (SSSR count). The normalized spacial score (nSPS) is 20.1. The summed E-state index contributed by atoms with van der Waals surface area (Å²) >= 11 is 0. The van der Waals surface area contributed by atoms with Gasteiger partial charge in [-0.25, -0.2) is 9.59 Å². The van der Waals surface area contributed by atoms with Gasteiger partial charge in [0.1, 0.15) is 17.7 Å². The summed E-state index contributed by atoms with van der Waals surface area (Å²) in [5, 5.41) is 9.90. The third-order valence-electron chi connectivity index (χ3n) is 5.38. The van der Waals surface area contributed by atoms with Gasteiger partial charge < -0.3 is 18.9 Å². The van der Waals surface area contributed by atoms with E-state index in [-0.39, 0.29) is 12.2 Å². The summed E-state index contributed by atoms with van der Waals surface area (Å²) in [6.07, 6.45) is -0.699. The van der Waals surface area contributed by atoms with Crippen molar-refractivity contribution in [2.75, 3.05) is 20.8 Å². The number of methoxy groups -OCH3 is 2. The quantitative estimate of drug-likeness (QED) is 0.436. The number of hydrogen-bond donors (Lipinski definition) is 0. The SMILES string of the molecule is CCOC(=O)/C(C#N)=C1\c2c(ccc(OC)c2OC)C2OC(=O)c3ccccc3C12. The van der Waals surface area contributed by atoms with Crippen LogP contribution >= 0.6 is 0 Å². The average molecular weight is 405 g/mol. The van der Waals surface area contributed by atoms with E-state index < -0.39 is 24.0 Å². The van der Waals surface area contributed by atoms with E-state index in [0.29, 0.717) is 39.3 Å². The molecular formula is C23H19NO6. The van der Waals surface area contributed by atoms with Crippen LogP contribution in [0.2, 0.25) is 0 Å². The van der Waals surface area contributed by atoms with Gasteiger partial charge in [0.25, 0.3) is 0 Å². The second-order valence-corrected chi connectivity index (χ2v) is 6.78. The van der Waals surface area contributed by atoms with Gasteiger partial charge in [0.2, 0.25) is 0 Å². The van der Waals surface area contributed by atoms with Crippen molar-refractivity contribution in [1.29, 1.82) is 5.26 Å². The van der Waals surface area contributed by atoms with Gasteiger partial charge in [-0.2, -0.15) is 5.26 Å². The van der Waals surface area contributed by atoms with Crippen molar-refractivity contribution in [1.82, 2.24) is 0 Å².